The summed E-state index contributed by atoms with van der Waals surface area (Å²) in [4.78, 5) is 1.59. The molecule has 0 aliphatic heterocycles. The molecule has 0 spiro atoms. The van der Waals surface area contributed by atoms with Crippen LogP contribution in [0.4, 0.5) is 13.2 Å². The van der Waals surface area contributed by atoms with Crippen molar-refractivity contribution in [2.24, 2.45) is 5.92 Å². The van der Waals surface area contributed by atoms with Crippen LogP contribution in [0, 0.1) is 5.92 Å². The van der Waals surface area contributed by atoms with Crippen molar-refractivity contribution in [2.45, 2.75) is 50.8 Å². The van der Waals surface area contributed by atoms with Crippen LogP contribution in [-0.4, -0.2) is 41.9 Å². The van der Waals surface area contributed by atoms with E-state index in [9.17, 15) is 18.3 Å². The van der Waals surface area contributed by atoms with Crippen molar-refractivity contribution in [3.63, 3.8) is 0 Å². The summed E-state index contributed by atoms with van der Waals surface area (Å²) in [7, 11) is 1.64. The summed E-state index contributed by atoms with van der Waals surface area (Å²) in [5.74, 6) is 0.621. The Hall–Kier alpha value is -0.290. The van der Waals surface area contributed by atoms with Gasteiger partial charge in [-0.1, -0.05) is 6.92 Å². The lowest BCUT2D eigenvalue weighted by Gasteiger charge is -2.37. The van der Waals surface area contributed by atoms with Gasteiger partial charge in [0.2, 0.25) is 0 Å². The topological polar surface area (TPSA) is 23.5 Å². The Labute approximate surface area is 101 Å². The van der Waals surface area contributed by atoms with Crippen molar-refractivity contribution in [2.75, 3.05) is 20.1 Å². The van der Waals surface area contributed by atoms with Crippen molar-refractivity contribution < 1.29 is 18.3 Å². The average Bonchev–Trinajstić information content (AvgIpc) is 2.19. The Morgan fingerprint density at radius 3 is 2.29 bits per heavy atom. The van der Waals surface area contributed by atoms with Crippen molar-refractivity contribution in [3.8, 4) is 0 Å². The SMILES string of the molecule is CC1CCC(O)(CN(C)CCC(F)(F)F)CC1. The molecule has 1 fully saturated rings. The second-order valence-electron chi connectivity index (χ2n) is 5.51. The molecule has 0 aromatic heterocycles. The zero-order valence-corrected chi connectivity index (χ0v) is 10.6. The van der Waals surface area contributed by atoms with Crippen LogP contribution < -0.4 is 0 Å². The molecule has 0 unspecified atom stereocenters. The molecule has 17 heavy (non-hydrogen) atoms. The third-order valence-corrected chi connectivity index (χ3v) is 3.55. The molecule has 1 saturated carbocycles. The maximum atomic E-state index is 12.1. The van der Waals surface area contributed by atoms with Gasteiger partial charge in [-0.15, -0.1) is 0 Å². The smallest absolute Gasteiger partial charge is 0.389 e. The monoisotopic (exact) mass is 253 g/mol. The number of hydrogen-bond donors (Lipinski definition) is 1. The second-order valence-corrected chi connectivity index (χ2v) is 5.51. The van der Waals surface area contributed by atoms with Crippen LogP contribution in [-0.2, 0) is 0 Å². The number of aliphatic hydroxyl groups is 1. The number of hydrogen-bond acceptors (Lipinski definition) is 2. The van der Waals surface area contributed by atoms with Gasteiger partial charge in [-0.3, -0.25) is 0 Å². The minimum Gasteiger partial charge on any atom is -0.389 e. The first kappa shape index (κ1) is 14.8. The molecule has 102 valence electrons. The summed E-state index contributed by atoms with van der Waals surface area (Å²) < 4.78 is 36.2. The van der Waals surface area contributed by atoms with Crippen molar-refractivity contribution >= 4 is 0 Å². The highest BCUT2D eigenvalue weighted by Crippen LogP contribution is 2.32. The second kappa shape index (κ2) is 5.57. The van der Waals surface area contributed by atoms with E-state index in [1.165, 1.54) is 0 Å². The van der Waals surface area contributed by atoms with Gasteiger partial charge in [0.1, 0.15) is 0 Å². The highest BCUT2D eigenvalue weighted by Gasteiger charge is 2.34. The van der Waals surface area contributed by atoms with Crippen LogP contribution in [0.25, 0.3) is 0 Å². The van der Waals surface area contributed by atoms with Crippen LogP contribution in [0.3, 0.4) is 0 Å². The molecule has 5 heteroatoms. The molecule has 0 heterocycles. The lowest BCUT2D eigenvalue weighted by Crippen LogP contribution is -2.44. The fourth-order valence-electron chi connectivity index (χ4n) is 2.36. The number of alkyl halides is 3. The molecule has 0 amide bonds. The third kappa shape index (κ3) is 5.73. The third-order valence-electron chi connectivity index (χ3n) is 3.55. The van der Waals surface area contributed by atoms with Gasteiger partial charge < -0.3 is 10.0 Å². The maximum absolute atomic E-state index is 12.1. The van der Waals surface area contributed by atoms with E-state index in [0.717, 1.165) is 12.8 Å². The standard InChI is InChI=1S/C12H22F3NO/c1-10-3-5-11(17,6-4-10)9-16(2)8-7-12(13,14)15/h10,17H,3-9H2,1-2H3. The molecule has 0 atom stereocenters. The van der Waals surface area contributed by atoms with E-state index in [0.29, 0.717) is 25.3 Å². The highest BCUT2D eigenvalue weighted by atomic mass is 19.4. The Morgan fingerprint density at radius 1 is 1.29 bits per heavy atom. The Morgan fingerprint density at radius 2 is 1.82 bits per heavy atom. The van der Waals surface area contributed by atoms with Gasteiger partial charge >= 0.3 is 6.18 Å². The largest absolute Gasteiger partial charge is 0.390 e. The summed E-state index contributed by atoms with van der Waals surface area (Å²) >= 11 is 0. The molecule has 2 nitrogen and oxygen atoms in total. The predicted octanol–water partition coefficient (Wildman–Crippen LogP) is 2.81. The fraction of sp³-hybridized carbons (Fsp3) is 1.00. The first-order valence-electron chi connectivity index (χ1n) is 6.18. The predicted molar refractivity (Wildman–Crippen MR) is 60.8 cm³/mol. The lowest BCUT2D eigenvalue weighted by atomic mass is 9.79. The molecular formula is C12H22F3NO. The molecule has 1 aliphatic carbocycles. The van der Waals surface area contributed by atoms with Gasteiger partial charge in [0.25, 0.3) is 0 Å². The van der Waals surface area contributed by atoms with Crippen molar-refractivity contribution in [1.29, 1.82) is 0 Å². The summed E-state index contributed by atoms with van der Waals surface area (Å²) in [6.07, 6.45) is -1.60. The van der Waals surface area contributed by atoms with E-state index in [4.69, 9.17) is 0 Å². The van der Waals surface area contributed by atoms with Gasteiger partial charge in [-0.2, -0.15) is 13.2 Å². The van der Waals surface area contributed by atoms with Gasteiger partial charge in [0, 0.05) is 13.1 Å². The highest BCUT2D eigenvalue weighted by molar-refractivity contribution is 4.86. The van der Waals surface area contributed by atoms with E-state index < -0.39 is 18.2 Å². The quantitative estimate of drug-likeness (QED) is 0.832. The normalized spacial score (nSPS) is 30.9. The van der Waals surface area contributed by atoms with Gasteiger partial charge in [-0.05, 0) is 38.6 Å². The Kier molecular flexibility index (Phi) is 4.84. The van der Waals surface area contributed by atoms with E-state index in [-0.39, 0.29) is 6.54 Å². The zero-order valence-electron chi connectivity index (χ0n) is 10.6. The lowest BCUT2D eigenvalue weighted by molar-refractivity contribution is -0.139. The molecule has 0 radical (unpaired) electrons. The molecule has 1 rings (SSSR count). The van der Waals surface area contributed by atoms with Gasteiger partial charge in [0.15, 0.2) is 0 Å². The first-order chi connectivity index (χ1) is 7.70. The van der Waals surface area contributed by atoms with Crippen LogP contribution >= 0.6 is 0 Å². The number of likely N-dealkylation sites (N-methyl/N-ethyl adjacent to an activating group) is 1. The summed E-state index contributed by atoms with van der Waals surface area (Å²) in [5, 5.41) is 10.3. The molecule has 0 aromatic rings. The van der Waals surface area contributed by atoms with Crippen LogP contribution in [0.15, 0.2) is 0 Å². The Balaban J connectivity index is 2.32. The first-order valence-corrected chi connectivity index (χ1v) is 6.18. The minimum absolute atomic E-state index is 0.0403. The summed E-state index contributed by atoms with van der Waals surface area (Å²) in [5.41, 5.74) is -0.785. The van der Waals surface area contributed by atoms with Crippen LogP contribution in [0.2, 0.25) is 0 Å². The Bertz CT molecular complexity index is 234. The molecule has 1 N–H and O–H groups in total. The number of nitrogens with zero attached hydrogens (tertiary/aromatic N) is 1. The molecular weight excluding hydrogens is 231 g/mol. The van der Waals surface area contributed by atoms with E-state index in [1.54, 1.807) is 11.9 Å². The molecule has 0 bridgehead atoms. The van der Waals surface area contributed by atoms with E-state index in [1.807, 2.05) is 0 Å². The number of rotatable bonds is 4. The van der Waals surface area contributed by atoms with Crippen LogP contribution in [0.5, 0.6) is 0 Å². The van der Waals surface area contributed by atoms with E-state index >= 15 is 0 Å². The van der Waals surface area contributed by atoms with Crippen molar-refractivity contribution in [3.05, 3.63) is 0 Å². The van der Waals surface area contributed by atoms with Gasteiger partial charge in [0.05, 0.1) is 12.0 Å². The van der Waals surface area contributed by atoms with Gasteiger partial charge in [-0.25, -0.2) is 0 Å². The van der Waals surface area contributed by atoms with E-state index in [2.05, 4.69) is 6.92 Å². The molecule has 0 aromatic carbocycles. The molecule has 1 aliphatic rings. The maximum Gasteiger partial charge on any atom is 0.390 e. The average molecular weight is 253 g/mol. The minimum atomic E-state index is -4.11. The number of halogens is 3. The molecule has 0 saturated heterocycles. The summed E-state index contributed by atoms with van der Waals surface area (Å²) in [6, 6.07) is 0. The zero-order chi connectivity index (χ0) is 13.1. The summed E-state index contributed by atoms with van der Waals surface area (Å²) in [6.45, 7) is 2.45. The fourth-order valence-corrected chi connectivity index (χ4v) is 2.36. The van der Waals surface area contributed by atoms with Crippen molar-refractivity contribution in [1.82, 2.24) is 4.90 Å². The van der Waals surface area contributed by atoms with Crippen LogP contribution in [0.1, 0.15) is 39.0 Å².